The molecule has 1 aromatic heterocycles. The average Bonchev–Trinajstić information content (AvgIpc) is 2.72. The first-order chi connectivity index (χ1) is 13.6. The zero-order chi connectivity index (χ0) is 19.8. The lowest BCUT2D eigenvalue weighted by molar-refractivity contribution is 0.0954. The van der Waals surface area contributed by atoms with Crippen molar-refractivity contribution in [3.05, 3.63) is 89.1 Å². The van der Waals surface area contributed by atoms with Crippen molar-refractivity contribution in [2.24, 2.45) is 0 Å². The van der Waals surface area contributed by atoms with E-state index in [0.717, 1.165) is 17.7 Å². The SMILES string of the molecule is COc1cccc(CCNC(=O)c2ccnc(NCc3cccc(C)c3)c2)c1. The molecule has 0 fully saturated rings. The van der Waals surface area contributed by atoms with Crippen LogP contribution in [-0.2, 0) is 13.0 Å². The molecule has 1 heterocycles. The van der Waals surface area contributed by atoms with Gasteiger partial charge in [-0.25, -0.2) is 4.98 Å². The summed E-state index contributed by atoms with van der Waals surface area (Å²) in [7, 11) is 1.65. The molecule has 5 nitrogen and oxygen atoms in total. The molecule has 0 aliphatic rings. The van der Waals surface area contributed by atoms with Crippen molar-refractivity contribution in [3.63, 3.8) is 0 Å². The second kappa shape index (κ2) is 9.55. The van der Waals surface area contributed by atoms with Gasteiger partial charge in [0, 0.05) is 24.8 Å². The highest BCUT2D eigenvalue weighted by atomic mass is 16.5. The van der Waals surface area contributed by atoms with Crippen molar-refractivity contribution in [2.75, 3.05) is 19.0 Å². The van der Waals surface area contributed by atoms with Crippen molar-refractivity contribution in [3.8, 4) is 5.75 Å². The number of methoxy groups -OCH3 is 1. The molecule has 144 valence electrons. The van der Waals surface area contributed by atoms with Gasteiger partial charge < -0.3 is 15.4 Å². The Kier molecular flexibility index (Phi) is 6.63. The fourth-order valence-electron chi connectivity index (χ4n) is 2.93. The summed E-state index contributed by atoms with van der Waals surface area (Å²) >= 11 is 0. The van der Waals surface area contributed by atoms with Crippen molar-refractivity contribution < 1.29 is 9.53 Å². The third kappa shape index (κ3) is 5.58. The van der Waals surface area contributed by atoms with Crippen molar-refractivity contribution in [2.45, 2.75) is 19.9 Å². The molecule has 0 aliphatic carbocycles. The second-order valence-electron chi connectivity index (χ2n) is 6.63. The number of anilines is 1. The Morgan fingerprint density at radius 3 is 2.68 bits per heavy atom. The van der Waals surface area contributed by atoms with E-state index in [0.29, 0.717) is 24.5 Å². The molecule has 2 N–H and O–H groups in total. The van der Waals surface area contributed by atoms with Crippen LogP contribution in [0.5, 0.6) is 5.75 Å². The number of hydrogen-bond acceptors (Lipinski definition) is 4. The van der Waals surface area contributed by atoms with E-state index in [-0.39, 0.29) is 5.91 Å². The molecule has 28 heavy (non-hydrogen) atoms. The van der Waals surface area contributed by atoms with Crippen LogP contribution >= 0.6 is 0 Å². The molecule has 2 aromatic carbocycles. The summed E-state index contributed by atoms with van der Waals surface area (Å²) in [5.41, 5.74) is 4.11. The number of aryl methyl sites for hydroxylation is 1. The van der Waals surface area contributed by atoms with Crippen LogP contribution in [0.3, 0.4) is 0 Å². The van der Waals surface area contributed by atoms with E-state index in [4.69, 9.17) is 4.74 Å². The molecule has 0 aliphatic heterocycles. The van der Waals surface area contributed by atoms with Crippen LogP contribution in [0.2, 0.25) is 0 Å². The van der Waals surface area contributed by atoms with Crippen LogP contribution < -0.4 is 15.4 Å². The number of nitrogens with one attached hydrogen (secondary N) is 2. The number of aromatic nitrogens is 1. The zero-order valence-corrected chi connectivity index (χ0v) is 16.2. The third-order valence-electron chi connectivity index (χ3n) is 4.41. The number of benzene rings is 2. The van der Waals surface area contributed by atoms with Crippen molar-refractivity contribution >= 4 is 11.7 Å². The van der Waals surface area contributed by atoms with E-state index < -0.39 is 0 Å². The highest BCUT2D eigenvalue weighted by Gasteiger charge is 2.07. The fourth-order valence-corrected chi connectivity index (χ4v) is 2.93. The third-order valence-corrected chi connectivity index (χ3v) is 4.41. The minimum atomic E-state index is -0.107. The zero-order valence-electron chi connectivity index (χ0n) is 16.2. The van der Waals surface area contributed by atoms with Gasteiger partial charge in [-0.2, -0.15) is 0 Å². The van der Waals surface area contributed by atoms with Crippen LogP contribution in [0.15, 0.2) is 66.9 Å². The molecule has 0 spiro atoms. The van der Waals surface area contributed by atoms with Gasteiger partial charge in [-0.05, 0) is 48.7 Å². The molecule has 0 unspecified atom stereocenters. The largest absolute Gasteiger partial charge is 0.497 e. The van der Waals surface area contributed by atoms with E-state index >= 15 is 0 Å². The molecule has 0 radical (unpaired) electrons. The standard InChI is InChI=1S/C23H25N3O2/c1-17-5-3-7-19(13-17)16-26-22-15-20(10-12-24-22)23(27)25-11-9-18-6-4-8-21(14-18)28-2/h3-8,10,12-15H,9,11,16H2,1-2H3,(H,24,26)(H,25,27). The highest BCUT2D eigenvalue weighted by Crippen LogP contribution is 2.13. The minimum Gasteiger partial charge on any atom is -0.497 e. The summed E-state index contributed by atoms with van der Waals surface area (Å²) in [5.74, 6) is 1.40. The summed E-state index contributed by atoms with van der Waals surface area (Å²) in [6.07, 6.45) is 2.39. The van der Waals surface area contributed by atoms with Crippen LogP contribution in [0.4, 0.5) is 5.82 Å². The maximum absolute atomic E-state index is 12.4. The van der Waals surface area contributed by atoms with Gasteiger partial charge in [0.25, 0.3) is 5.91 Å². The quantitative estimate of drug-likeness (QED) is 0.625. The number of carbonyl (C=O) groups excluding carboxylic acids is 1. The van der Waals surface area contributed by atoms with Gasteiger partial charge in [-0.15, -0.1) is 0 Å². The summed E-state index contributed by atoms with van der Waals surface area (Å²) < 4.78 is 5.22. The Hall–Kier alpha value is -3.34. The van der Waals surface area contributed by atoms with Gasteiger partial charge in [0.2, 0.25) is 0 Å². The Bertz CT molecular complexity index is 940. The predicted molar refractivity (Wildman–Crippen MR) is 112 cm³/mol. The molecule has 5 heteroatoms. The van der Waals surface area contributed by atoms with Crippen LogP contribution in [0.25, 0.3) is 0 Å². The first kappa shape index (κ1) is 19.4. The number of rotatable bonds is 8. The Morgan fingerprint density at radius 1 is 1.04 bits per heavy atom. The predicted octanol–water partition coefficient (Wildman–Crippen LogP) is 3.98. The van der Waals surface area contributed by atoms with Gasteiger partial charge >= 0.3 is 0 Å². The molecule has 1 amide bonds. The number of nitrogens with zero attached hydrogens (tertiary/aromatic N) is 1. The maximum atomic E-state index is 12.4. The van der Waals surface area contributed by atoms with Gasteiger partial charge in [0.1, 0.15) is 11.6 Å². The van der Waals surface area contributed by atoms with Crippen molar-refractivity contribution in [1.29, 1.82) is 0 Å². The van der Waals surface area contributed by atoms with E-state index in [1.165, 1.54) is 11.1 Å². The van der Waals surface area contributed by atoms with Crippen LogP contribution in [0.1, 0.15) is 27.0 Å². The van der Waals surface area contributed by atoms with Gasteiger partial charge in [-0.3, -0.25) is 4.79 Å². The number of hydrogen-bond donors (Lipinski definition) is 2. The Labute approximate surface area is 165 Å². The summed E-state index contributed by atoms with van der Waals surface area (Å²) in [6, 6.07) is 19.6. The average molecular weight is 375 g/mol. The number of pyridine rings is 1. The smallest absolute Gasteiger partial charge is 0.251 e. The summed E-state index contributed by atoms with van der Waals surface area (Å²) in [4.78, 5) is 16.7. The first-order valence-electron chi connectivity index (χ1n) is 9.30. The van der Waals surface area contributed by atoms with Gasteiger partial charge in [0.15, 0.2) is 0 Å². The molecule has 0 saturated heterocycles. The van der Waals surface area contributed by atoms with Crippen LogP contribution in [-0.4, -0.2) is 24.5 Å². The maximum Gasteiger partial charge on any atom is 0.251 e. The van der Waals surface area contributed by atoms with E-state index in [1.54, 1.807) is 25.4 Å². The van der Waals surface area contributed by atoms with Gasteiger partial charge in [0.05, 0.1) is 7.11 Å². The van der Waals surface area contributed by atoms with E-state index in [2.05, 4.69) is 40.7 Å². The summed E-state index contributed by atoms with van der Waals surface area (Å²) in [6.45, 7) is 3.29. The molecule has 3 aromatic rings. The molecular formula is C23H25N3O2. The van der Waals surface area contributed by atoms with Crippen molar-refractivity contribution in [1.82, 2.24) is 10.3 Å². The molecular weight excluding hydrogens is 350 g/mol. The second-order valence-corrected chi connectivity index (χ2v) is 6.63. The lowest BCUT2D eigenvalue weighted by atomic mass is 10.1. The van der Waals surface area contributed by atoms with Gasteiger partial charge in [-0.1, -0.05) is 42.0 Å². The number of ether oxygens (including phenoxy) is 1. The molecule has 0 saturated carbocycles. The first-order valence-corrected chi connectivity index (χ1v) is 9.30. The number of carbonyl (C=O) groups is 1. The normalized spacial score (nSPS) is 10.4. The number of amides is 1. The molecule has 0 bridgehead atoms. The molecule has 0 atom stereocenters. The van der Waals surface area contributed by atoms with Crippen LogP contribution in [0, 0.1) is 6.92 Å². The molecule has 3 rings (SSSR count). The lowest BCUT2D eigenvalue weighted by Gasteiger charge is -2.09. The Morgan fingerprint density at radius 2 is 1.86 bits per heavy atom. The van der Waals surface area contributed by atoms with E-state index in [1.807, 2.05) is 30.3 Å². The summed E-state index contributed by atoms with van der Waals surface area (Å²) in [5, 5.41) is 6.23. The lowest BCUT2D eigenvalue weighted by Crippen LogP contribution is -2.25. The highest BCUT2D eigenvalue weighted by molar-refractivity contribution is 5.94. The Balaban J connectivity index is 1.53. The van der Waals surface area contributed by atoms with E-state index in [9.17, 15) is 4.79 Å². The minimum absolute atomic E-state index is 0.107. The topological polar surface area (TPSA) is 63.2 Å². The fraction of sp³-hybridized carbons (Fsp3) is 0.217. The monoisotopic (exact) mass is 375 g/mol.